The van der Waals surface area contributed by atoms with Gasteiger partial charge in [0.2, 0.25) is 0 Å². The largest absolute Gasteiger partial charge is 0.358 e. The molecule has 0 saturated carbocycles. The van der Waals surface area contributed by atoms with E-state index < -0.39 is 0 Å². The Kier molecular flexibility index (Phi) is 4.60. The smallest absolute Gasteiger partial charge is 0.257 e. The van der Waals surface area contributed by atoms with Gasteiger partial charge in [0.15, 0.2) is 5.16 Å². The molecule has 0 bridgehead atoms. The Balaban J connectivity index is 1.36. The molecule has 0 fully saturated rings. The molecular weight excluding hydrogens is 382 g/mol. The number of anilines is 1. The van der Waals surface area contributed by atoms with Gasteiger partial charge >= 0.3 is 0 Å². The minimum Gasteiger partial charge on any atom is -0.358 e. The van der Waals surface area contributed by atoms with Crippen LogP contribution in [0.3, 0.4) is 0 Å². The molecule has 0 aliphatic heterocycles. The van der Waals surface area contributed by atoms with Crippen molar-refractivity contribution in [2.24, 2.45) is 7.05 Å². The summed E-state index contributed by atoms with van der Waals surface area (Å²) in [6.45, 7) is 0. The lowest BCUT2D eigenvalue weighted by Gasteiger charge is -2.10. The first kappa shape index (κ1) is 18.0. The standard InChI is InChI=1S/C22H21N5OS/c1-27-13-23-26-22(27)29-15-11-9-14(10-12-15)24-21(28)18-7-4-6-17-16-5-2-3-8-19(16)25-20(17)18/h4,6-7,9-13,25H,2-3,5,8H2,1H3,(H,24,28). The zero-order valence-corrected chi connectivity index (χ0v) is 16.9. The van der Waals surface area contributed by atoms with Gasteiger partial charge in [-0.2, -0.15) is 0 Å². The van der Waals surface area contributed by atoms with E-state index in [2.05, 4.69) is 26.6 Å². The molecule has 29 heavy (non-hydrogen) atoms. The van der Waals surface area contributed by atoms with Crippen molar-refractivity contribution < 1.29 is 4.79 Å². The summed E-state index contributed by atoms with van der Waals surface area (Å²) in [5, 5.41) is 13.0. The number of aryl methyl sites for hydroxylation is 3. The molecule has 146 valence electrons. The van der Waals surface area contributed by atoms with E-state index in [1.807, 2.05) is 48.0 Å². The third kappa shape index (κ3) is 3.42. The number of nitrogens with zero attached hydrogens (tertiary/aromatic N) is 3. The highest BCUT2D eigenvalue weighted by molar-refractivity contribution is 7.99. The number of rotatable bonds is 4. The maximum Gasteiger partial charge on any atom is 0.257 e. The topological polar surface area (TPSA) is 75.6 Å². The van der Waals surface area contributed by atoms with E-state index in [1.165, 1.54) is 41.2 Å². The first-order chi connectivity index (χ1) is 14.2. The van der Waals surface area contributed by atoms with Gasteiger partial charge in [-0.15, -0.1) is 10.2 Å². The second-order valence-corrected chi connectivity index (χ2v) is 8.36. The maximum atomic E-state index is 13.0. The van der Waals surface area contributed by atoms with Crippen LogP contribution in [0.5, 0.6) is 0 Å². The zero-order chi connectivity index (χ0) is 19.8. The van der Waals surface area contributed by atoms with Gasteiger partial charge in [0, 0.05) is 28.7 Å². The molecular formula is C22H21N5OS. The molecule has 7 heteroatoms. The van der Waals surface area contributed by atoms with E-state index in [0.29, 0.717) is 5.56 Å². The van der Waals surface area contributed by atoms with Crippen LogP contribution in [0.15, 0.2) is 58.8 Å². The van der Waals surface area contributed by atoms with Crippen LogP contribution in [0, 0.1) is 0 Å². The Hall–Kier alpha value is -3.06. The second kappa shape index (κ2) is 7.40. The lowest BCUT2D eigenvalue weighted by Crippen LogP contribution is -2.12. The summed E-state index contributed by atoms with van der Waals surface area (Å²) in [7, 11) is 1.91. The van der Waals surface area contributed by atoms with Gasteiger partial charge in [-0.3, -0.25) is 4.79 Å². The normalized spacial score (nSPS) is 13.4. The number of H-pyrrole nitrogens is 1. The molecule has 6 nitrogen and oxygen atoms in total. The van der Waals surface area contributed by atoms with Crippen LogP contribution in [0.25, 0.3) is 10.9 Å². The summed E-state index contributed by atoms with van der Waals surface area (Å²) in [6.07, 6.45) is 6.26. The fourth-order valence-electron chi connectivity index (χ4n) is 3.89. The van der Waals surface area contributed by atoms with E-state index >= 15 is 0 Å². The molecule has 0 atom stereocenters. The molecule has 5 rings (SSSR count). The Labute approximate surface area is 172 Å². The third-order valence-corrected chi connectivity index (χ3v) is 6.43. The number of hydrogen-bond donors (Lipinski definition) is 2. The monoisotopic (exact) mass is 403 g/mol. The highest BCUT2D eigenvalue weighted by Gasteiger charge is 2.19. The van der Waals surface area contributed by atoms with Gasteiger partial charge in [-0.25, -0.2) is 0 Å². The summed E-state index contributed by atoms with van der Waals surface area (Å²) in [6, 6.07) is 13.8. The average molecular weight is 404 g/mol. The number of nitrogens with one attached hydrogen (secondary N) is 2. The molecule has 2 aromatic heterocycles. The summed E-state index contributed by atoms with van der Waals surface area (Å²) in [4.78, 5) is 17.5. The average Bonchev–Trinajstić information content (AvgIpc) is 3.32. The van der Waals surface area contributed by atoms with Gasteiger partial charge in [-0.05, 0) is 73.3 Å². The number of amides is 1. The molecule has 0 spiro atoms. The van der Waals surface area contributed by atoms with Gasteiger partial charge in [0.05, 0.1) is 11.1 Å². The number of carbonyl (C=O) groups is 1. The third-order valence-electron chi connectivity index (χ3n) is 5.37. The fraction of sp³-hybridized carbons (Fsp3) is 0.227. The fourth-order valence-corrected chi connectivity index (χ4v) is 4.66. The Morgan fingerprint density at radius 1 is 1.14 bits per heavy atom. The highest BCUT2D eigenvalue weighted by atomic mass is 32.2. The number of para-hydroxylation sites is 1. The zero-order valence-electron chi connectivity index (χ0n) is 16.1. The Bertz CT molecular complexity index is 1190. The number of aromatic amines is 1. The number of aromatic nitrogens is 4. The van der Waals surface area contributed by atoms with E-state index in [-0.39, 0.29) is 5.91 Å². The van der Waals surface area contributed by atoms with Crippen LogP contribution in [0.4, 0.5) is 5.69 Å². The summed E-state index contributed by atoms with van der Waals surface area (Å²) >= 11 is 1.53. The number of benzene rings is 2. The van der Waals surface area contributed by atoms with E-state index in [1.54, 1.807) is 6.33 Å². The van der Waals surface area contributed by atoms with Crippen LogP contribution < -0.4 is 5.32 Å². The van der Waals surface area contributed by atoms with Crippen LogP contribution >= 0.6 is 11.8 Å². The summed E-state index contributed by atoms with van der Waals surface area (Å²) in [5.41, 5.74) is 5.08. The molecule has 1 aliphatic carbocycles. The van der Waals surface area contributed by atoms with Crippen molar-refractivity contribution in [3.05, 3.63) is 65.6 Å². The second-order valence-electron chi connectivity index (χ2n) is 7.32. The van der Waals surface area contributed by atoms with Crippen molar-refractivity contribution in [3.63, 3.8) is 0 Å². The van der Waals surface area contributed by atoms with Crippen LogP contribution in [0.1, 0.15) is 34.5 Å². The quantitative estimate of drug-likeness (QED) is 0.523. The van der Waals surface area contributed by atoms with Crippen LogP contribution in [-0.4, -0.2) is 25.7 Å². The van der Waals surface area contributed by atoms with Gasteiger partial charge in [0.1, 0.15) is 6.33 Å². The van der Waals surface area contributed by atoms with E-state index in [9.17, 15) is 4.79 Å². The minimum atomic E-state index is -0.0945. The number of carbonyl (C=O) groups excluding carboxylic acids is 1. The van der Waals surface area contributed by atoms with Crippen LogP contribution in [0.2, 0.25) is 0 Å². The SMILES string of the molecule is Cn1cnnc1Sc1ccc(NC(=O)c2cccc3c4c([nH]c23)CCCC4)cc1. The van der Waals surface area contributed by atoms with Crippen molar-refractivity contribution in [3.8, 4) is 0 Å². The first-order valence-corrected chi connectivity index (χ1v) is 10.6. The predicted octanol–water partition coefficient (Wildman–Crippen LogP) is 4.58. The Morgan fingerprint density at radius 3 is 2.76 bits per heavy atom. The van der Waals surface area contributed by atoms with Crippen LogP contribution in [-0.2, 0) is 19.9 Å². The molecule has 1 aliphatic rings. The molecule has 0 unspecified atom stereocenters. The van der Waals surface area contributed by atoms with E-state index in [4.69, 9.17) is 0 Å². The lowest BCUT2D eigenvalue weighted by molar-refractivity contribution is 0.102. The molecule has 4 aromatic rings. The molecule has 0 saturated heterocycles. The van der Waals surface area contributed by atoms with Crippen molar-refractivity contribution in [1.29, 1.82) is 0 Å². The summed E-state index contributed by atoms with van der Waals surface area (Å²) < 4.78 is 1.87. The molecule has 2 heterocycles. The highest BCUT2D eigenvalue weighted by Crippen LogP contribution is 2.31. The molecule has 0 radical (unpaired) electrons. The minimum absolute atomic E-state index is 0.0945. The molecule has 2 N–H and O–H groups in total. The first-order valence-electron chi connectivity index (χ1n) is 9.75. The molecule has 2 aromatic carbocycles. The van der Waals surface area contributed by atoms with Crippen molar-refractivity contribution in [2.75, 3.05) is 5.32 Å². The van der Waals surface area contributed by atoms with Gasteiger partial charge < -0.3 is 14.9 Å². The van der Waals surface area contributed by atoms with Crippen molar-refractivity contribution >= 4 is 34.3 Å². The summed E-state index contributed by atoms with van der Waals surface area (Å²) in [5.74, 6) is -0.0945. The molecule has 1 amide bonds. The van der Waals surface area contributed by atoms with Crippen molar-refractivity contribution in [1.82, 2.24) is 19.7 Å². The van der Waals surface area contributed by atoms with Crippen molar-refractivity contribution in [2.45, 2.75) is 35.7 Å². The number of fused-ring (bicyclic) bond motifs is 3. The van der Waals surface area contributed by atoms with Gasteiger partial charge in [0.25, 0.3) is 5.91 Å². The van der Waals surface area contributed by atoms with E-state index in [0.717, 1.165) is 34.1 Å². The number of hydrogen-bond acceptors (Lipinski definition) is 4. The Morgan fingerprint density at radius 2 is 1.97 bits per heavy atom. The lowest BCUT2D eigenvalue weighted by atomic mass is 9.95. The predicted molar refractivity (Wildman–Crippen MR) is 114 cm³/mol. The van der Waals surface area contributed by atoms with Gasteiger partial charge in [-0.1, -0.05) is 12.1 Å². The maximum absolute atomic E-state index is 13.0.